The summed E-state index contributed by atoms with van der Waals surface area (Å²) < 4.78 is 5.32. The maximum Gasteiger partial charge on any atom is 0.241 e. The van der Waals surface area contributed by atoms with Crippen molar-refractivity contribution >= 4 is 29.9 Å². The molecule has 0 radical (unpaired) electrons. The van der Waals surface area contributed by atoms with Crippen LogP contribution >= 0.6 is 12.4 Å². The molecule has 0 aliphatic heterocycles. The molecule has 1 rings (SSSR count). The van der Waals surface area contributed by atoms with E-state index in [1.165, 1.54) is 0 Å². The molecule has 1 aromatic rings. The van der Waals surface area contributed by atoms with Crippen molar-refractivity contribution in [3.63, 3.8) is 0 Å². The van der Waals surface area contributed by atoms with Crippen LogP contribution in [-0.2, 0) is 9.59 Å². The lowest BCUT2D eigenvalue weighted by Crippen LogP contribution is -2.35. The lowest BCUT2D eigenvalue weighted by Gasteiger charge is -2.11. The molecule has 0 heterocycles. The number of benzene rings is 1. The topological polar surface area (TPSA) is 107 Å². The molecule has 5 N–H and O–H groups in total. The zero-order chi connectivity index (χ0) is 15.0. The Morgan fingerprint density at radius 1 is 1.29 bits per heavy atom. The molecule has 0 aliphatic rings. The van der Waals surface area contributed by atoms with E-state index in [1.807, 2.05) is 6.92 Å². The van der Waals surface area contributed by atoms with Gasteiger partial charge < -0.3 is 21.5 Å². The molecule has 0 aliphatic carbocycles. The van der Waals surface area contributed by atoms with Gasteiger partial charge in [0.05, 0.1) is 19.1 Å². The van der Waals surface area contributed by atoms with Gasteiger partial charge in [-0.3, -0.25) is 9.59 Å². The highest BCUT2D eigenvalue weighted by molar-refractivity contribution is 5.94. The van der Waals surface area contributed by atoms with Crippen LogP contribution in [0.25, 0.3) is 0 Å². The highest BCUT2D eigenvalue weighted by atomic mass is 35.5. The van der Waals surface area contributed by atoms with E-state index in [-0.39, 0.29) is 31.3 Å². The Kier molecular flexibility index (Phi) is 9.16. The number of primary amides is 1. The molecule has 1 aromatic carbocycles. The van der Waals surface area contributed by atoms with Crippen LogP contribution in [0.5, 0.6) is 5.75 Å². The van der Waals surface area contributed by atoms with E-state index in [0.29, 0.717) is 17.9 Å². The zero-order valence-corrected chi connectivity index (χ0v) is 12.8. The highest BCUT2D eigenvalue weighted by Gasteiger charge is 2.12. The molecule has 21 heavy (non-hydrogen) atoms. The van der Waals surface area contributed by atoms with Crippen molar-refractivity contribution in [2.45, 2.75) is 32.2 Å². The Morgan fingerprint density at radius 3 is 2.43 bits per heavy atom. The van der Waals surface area contributed by atoms with Crippen molar-refractivity contribution in [2.24, 2.45) is 11.5 Å². The van der Waals surface area contributed by atoms with Gasteiger partial charge in [-0.25, -0.2) is 0 Å². The van der Waals surface area contributed by atoms with Crippen LogP contribution in [-0.4, -0.2) is 24.5 Å². The van der Waals surface area contributed by atoms with E-state index in [2.05, 4.69) is 5.32 Å². The fraction of sp³-hybridized carbons (Fsp3) is 0.429. The number of rotatable bonds is 8. The summed E-state index contributed by atoms with van der Waals surface area (Å²) in [6.45, 7) is 2.22. The Hall–Kier alpha value is -1.79. The van der Waals surface area contributed by atoms with E-state index >= 15 is 0 Å². The number of carbonyl (C=O) groups excluding carboxylic acids is 2. The average molecular weight is 316 g/mol. The molecular weight excluding hydrogens is 294 g/mol. The van der Waals surface area contributed by atoms with Gasteiger partial charge in [-0.05, 0) is 30.7 Å². The van der Waals surface area contributed by atoms with Gasteiger partial charge in [0, 0.05) is 5.69 Å². The lowest BCUT2D eigenvalue weighted by atomic mass is 10.1. The minimum absolute atomic E-state index is 0. The standard InChI is InChI=1S/C14H21N3O3.ClH/c1-2-3-12(15)14(19)17-10-4-6-11(7-5-10)20-9-8-13(16)18;/h4-7,12H,2-3,8-9,15H2,1H3,(H2,16,18)(H,17,19);1H. The zero-order valence-electron chi connectivity index (χ0n) is 12.0. The number of nitrogens with two attached hydrogens (primary N) is 2. The molecule has 2 amide bonds. The van der Waals surface area contributed by atoms with Gasteiger partial charge in [-0.1, -0.05) is 13.3 Å². The van der Waals surface area contributed by atoms with Crippen LogP contribution in [0.3, 0.4) is 0 Å². The first-order valence-corrected chi connectivity index (χ1v) is 6.60. The second kappa shape index (κ2) is 10.0. The maximum absolute atomic E-state index is 11.7. The van der Waals surface area contributed by atoms with Crippen LogP contribution in [0.1, 0.15) is 26.2 Å². The Labute approximate surface area is 130 Å². The predicted octanol–water partition coefficient (Wildman–Crippen LogP) is 1.43. The second-order valence-corrected chi connectivity index (χ2v) is 4.47. The van der Waals surface area contributed by atoms with E-state index in [9.17, 15) is 9.59 Å². The first-order chi connectivity index (χ1) is 9.52. The number of anilines is 1. The molecule has 7 heteroatoms. The fourth-order valence-electron chi connectivity index (χ4n) is 1.58. The second-order valence-electron chi connectivity index (χ2n) is 4.47. The van der Waals surface area contributed by atoms with Gasteiger partial charge >= 0.3 is 0 Å². The van der Waals surface area contributed by atoms with Crippen LogP contribution < -0.4 is 21.5 Å². The van der Waals surface area contributed by atoms with Gasteiger partial charge in [0.1, 0.15) is 5.75 Å². The molecule has 6 nitrogen and oxygen atoms in total. The molecule has 0 fully saturated rings. The van der Waals surface area contributed by atoms with Gasteiger partial charge in [-0.2, -0.15) is 0 Å². The monoisotopic (exact) mass is 315 g/mol. The quantitative estimate of drug-likeness (QED) is 0.674. The summed E-state index contributed by atoms with van der Waals surface area (Å²) in [5, 5.41) is 2.73. The molecule has 118 valence electrons. The number of carbonyl (C=O) groups is 2. The fourth-order valence-corrected chi connectivity index (χ4v) is 1.58. The van der Waals surface area contributed by atoms with E-state index in [4.69, 9.17) is 16.2 Å². The van der Waals surface area contributed by atoms with Crippen molar-refractivity contribution in [1.82, 2.24) is 0 Å². The maximum atomic E-state index is 11.7. The molecule has 1 unspecified atom stereocenters. The van der Waals surface area contributed by atoms with Crippen molar-refractivity contribution in [3.8, 4) is 5.75 Å². The van der Waals surface area contributed by atoms with Crippen LogP contribution in [0.15, 0.2) is 24.3 Å². The summed E-state index contributed by atoms with van der Waals surface area (Å²) in [5.74, 6) is 0.00940. The molecule has 0 bridgehead atoms. The minimum Gasteiger partial charge on any atom is -0.493 e. The average Bonchev–Trinajstić information content (AvgIpc) is 2.40. The van der Waals surface area contributed by atoms with Crippen molar-refractivity contribution in [3.05, 3.63) is 24.3 Å². The third-order valence-corrected chi connectivity index (χ3v) is 2.68. The van der Waals surface area contributed by atoms with Gasteiger partial charge in [0.15, 0.2) is 0 Å². The SMILES string of the molecule is CCCC(N)C(=O)Nc1ccc(OCCC(N)=O)cc1.Cl. The summed E-state index contributed by atoms with van der Waals surface area (Å²) in [5.41, 5.74) is 11.4. The normalized spacial score (nSPS) is 11.1. The number of halogens is 1. The summed E-state index contributed by atoms with van der Waals surface area (Å²) >= 11 is 0. The first kappa shape index (κ1) is 19.2. The molecular formula is C14H22ClN3O3. The van der Waals surface area contributed by atoms with Crippen molar-refractivity contribution < 1.29 is 14.3 Å². The molecule has 1 atom stereocenters. The lowest BCUT2D eigenvalue weighted by molar-refractivity contribution is -0.119. The summed E-state index contributed by atoms with van der Waals surface area (Å²) in [4.78, 5) is 22.3. The minimum atomic E-state index is -0.494. The van der Waals surface area contributed by atoms with Crippen molar-refractivity contribution in [2.75, 3.05) is 11.9 Å². The molecule has 0 saturated heterocycles. The number of hydrogen-bond acceptors (Lipinski definition) is 4. The van der Waals surface area contributed by atoms with Crippen LogP contribution in [0, 0.1) is 0 Å². The largest absolute Gasteiger partial charge is 0.493 e. The molecule has 0 saturated carbocycles. The smallest absolute Gasteiger partial charge is 0.241 e. The first-order valence-electron chi connectivity index (χ1n) is 6.60. The molecule has 0 spiro atoms. The third-order valence-electron chi connectivity index (χ3n) is 2.68. The number of amides is 2. The molecule has 0 aromatic heterocycles. The summed E-state index contributed by atoms with van der Waals surface area (Å²) in [7, 11) is 0. The number of hydrogen-bond donors (Lipinski definition) is 3. The van der Waals surface area contributed by atoms with Gasteiger partial charge in [0.25, 0.3) is 0 Å². The van der Waals surface area contributed by atoms with Crippen LogP contribution in [0.4, 0.5) is 5.69 Å². The van der Waals surface area contributed by atoms with Gasteiger partial charge in [0.2, 0.25) is 11.8 Å². The Balaban J connectivity index is 0.00000400. The van der Waals surface area contributed by atoms with Crippen LogP contribution in [0.2, 0.25) is 0 Å². The predicted molar refractivity (Wildman–Crippen MR) is 84.5 cm³/mol. The highest BCUT2D eigenvalue weighted by Crippen LogP contribution is 2.16. The van der Waals surface area contributed by atoms with E-state index in [0.717, 1.165) is 6.42 Å². The summed E-state index contributed by atoms with van der Waals surface area (Å²) in [6, 6.07) is 6.36. The number of nitrogens with one attached hydrogen (secondary N) is 1. The van der Waals surface area contributed by atoms with E-state index in [1.54, 1.807) is 24.3 Å². The van der Waals surface area contributed by atoms with Crippen molar-refractivity contribution in [1.29, 1.82) is 0 Å². The van der Waals surface area contributed by atoms with E-state index < -0.39 is 11.9 Å². The third kappa shape index (κ3) is 7.53. The Bertz CT molecular complexity index is 451. The van der Waals surface area contributed by atoms with Gasteiger partial charge in [-0.15, -0.1) is 12.4 Å². The number of ether oxygens (including phenoxy) is 1. The Morgan fingerprint density at radius 2 is 1.90 bits per heavy atom. The summed E-state index contributed by atoms with van der Waals surface area (Å²) in [6.07, 6.45) is 1.69.